The van der Waals surface area contributed by atoms with E-state index in [1.165, 1.54) is 40.0 Å². The van der Waals surface area contributed by atoms with Gasteiger partial charge in [0.1, 0.15) is 5.82 Å². The Hall–Kier alpha value is -1.47. The van der Waals surface area contributed by atoms with Gasteiger partial charge in [0.2, 0.25) is 10.0 Å². The highest BCUT2D eigenvalue weighted by molar-refractivity contribution is 7.89. The third kappa shape index (κ3) is 3.34. The third-order valence-corrected chi connectivity index (χ3v) is 4.87. The van der Waals surface area contributed by atoms with E-state index in [1.807, 2.05) is 0 Å². The highest BCUT2D eigenvalue weighted by atomic mass is 32.2. The Bertz CT molecular complexity index is 604. The summed E-state index contributed by atoms with van der Waals surface area (Å²) in [5.41, 5.74) is 0.478. The average Bonchev–Trinajstić information content (AvgIpc) is 2.34. The van der Waals surface area contributed by atoms with Crippen molar-refractivity contribution < 1.29 is 22.7 Å². The first-order valence-electron chi connectivity index (χ1n) is 6.03. The predicted octanol–water partition coefficient (Wildman–Crippen LogP) is 1.78. The van der Waals surface area contributed by atoms with Crippen LogP contribution in [0.15, 0.2) is 17.0 Å². The second-order valence-corrected chi connectivity index (χ2v) is 6.94. The Balaban J connectivity index is 3.14. The number of carboxylic acids is 1. The number of sulfonamides is 1. The minimum atomic E-state index is -3.83. The maximum absolute atomic E-state index is 13.5. The molecule has 20 heavy (non-hydrogen) atoms. The number of rotatable bonds is 5. The Morgan fingerprint density at radius 1 is 1.35 bits per heavy atom. The quantitative estimate of drug-likeness (QED) is 0.900. The van der Waals surface area contributed by atoms with Gasteiger partial charge in [0.05, 0.1) is 10.8 Å². The van der Waals surface area contributed by atoms with Crippen molar-refractivity contribution in [3.8, 4) is 0 Å². The lowest BCUT2D eigenvalue weighted by atomic mass is 10.1. The molecule has 112 valence electrons. The van der Waals surface area contributed by atoms with Crippen molar-refractivity contribution in [3.05, 3.63) is 29.1 Å². The first-order chi connectivity index (χ1) is 9.07. The second-order valence-electron chi connectivity index (χ2n) is 4.90. The number of halogens is 1. The smallest absolute Gasteiger partial charge is 0.307 e. The molecule has 0 heterocycles. The molecule has 0 saturated heterocycles. The monoisotopic (exact) mass is 303 g/mol. The molecule has 0 saturated carbocycles. The van der Waals surface area contributed by atoms with Gasteiger partial charge in [-0.3, -0.25) is 4.79 Å². The topological polar surface area (TPSA) is 74.7 Å². The highest BCUT2D eigenvalue weighted by Gasteiger charge is 2.25. The number of aryl methyl sites for hydroxylation is 2. The van der Waals surface area contributed by atoms with Crippen LogP contribution in [-0.2, 0) is 14.8 Å². The number of aliphatic carboxylic acids is 1. The van der Waals surface area contributed by atoms with Gasteiger partial charge < -0.3 is 5.11 Å². The molecule has 1 unspecified atom stereocenters. The molecule has 1 aromatic rings. The molecule has 0 aliphatic carbocycles. The molecule has 0 aliphatic rings. The summed E-state index contributed by atoms with van der Waals surface area (Å²) in [6.45, 7) is 4.26. The number of carbonyl (C=O) groups is 1. The lowest BCUT2D eigenvalue weighted by molar-refractivity contribution is -0.141. The van der Waals surface area contributed by atoms with Crippen molar-refractivity contribution in [3.63, 3.8) is 0 Å². The SMILES string of the molecule is Cc1cc(S(=O)(=O)N(C)CC(C)C(=O)O)cc(C)c1F. The predicted molar refractivity (Wildman–Crippen MR) is 72.5 cm³/mol. The Morgan fingerprint density at radius 2 is 1.80 bits per heavy atom. The molecule has 0 bridgehead atoms. The number of hydrogen-bond donors (Lipinski definition) is 1. The van der Waals surface area contributed by atoms with Crippen LogP contribution in [0.25, 0.3) is 0 Å². The van der Waals surface area contributed by atoms with Gasteiger partial charge in [-0.15, -0.1) is 0 Å². The summed E-state index contributed by atoms with van der Waals surface area (Å²) in [6.07, 6.45) is 0. The van der Waals surface area contributed by atoms with Crippen LogP contribution in [0.1, 0.15) is 18.1 Å². The molecule has 1 aromatic carbocycles. The van der Waals surface area contributed by atoms with Crippen LogP contribution in [0.2, 0.25) is 0 Å². The maximum atomic E-state index is 13.5. The summed E-state index contributed by atoms with van der Waals surface area (Å²) in [4.78, 5) is 10.7. The van der Waals surface area contributed by atoms with Gasteiger partial charge in [-0.2, -0.15) is 0 Å². The van der Waals surface area contributed by atoms with E-state index < -0.39 is 27.7 Å². The van der Waals surface area contributed by atoms with Gasteiger partial charge >= 0.3 is 5.97 Å². The summed E-state index contributed by atoms with van der Waals surface area (Å²) in [6, 6.07) is 2.50. The summed E-state index contributed by atoms with van der Waals surface area (Å²) < 4.78 is 39.1. The molecular formula is C13H18FNO4S. The minimum Gasteiger partial charge on any atom is -0.481 e. The number of carboxylic acid groups (broad SMARTS) is 1. The molecule has 0 aromatic heterocycles. The summed E-state index contributed by atoms with van der Waals surface area (Å²) in [7, 11) is -2.52. The van der Waals surface area contributed by atoms with E-state index in [1.54, 1.807) is 0 Å². The first kappa shape index (κ1) is 16.6. The summed E-state index contributed by atoms with van der Waals surface area (Å²) in [5, 5.41) is 8.82. The zero-order valence-corrected chi connectivity index (χ0v) is 12.7. The molecule has 1 atom stereocenters. The Labute approximate surface area is 118 Å². The van der Waals surface area contributed by atoms with E-state index in [9.17, 15) is 17.6 Å². The summed E-state index contributed by atoms with van der Waals surface area (Å²) >= 11 is 0. The minimum absolute atomic E-state index is 0.0333. The van der Waals surface area contributed by atoms with E-state index in [0.717, 1.165) is 4.31 Å². The molecule has 0 fully saturated rings. The molecule has 1 rings (SSSR count). The van der Waals surface area contributed by atoms with Gasteiger partial charge in [-0.05, 0) is 37.1 Å². The highest BCUT2D eigenvalue weighted by Crippen LogP contribution is 2.21. The average molecular weight is 303 g/mol. The molecule has 7 heteroatoms. The molecule has 1 N–H and O–H groups in total. The van der Waals surface area contributed by atoms with Crippen molar-refractivity contribution in [1.29, 1.82) is 0 Å². The fourth-order valence-electron chi connectivity index (χ4n) is 1.80. The molecular weight excluding hydrogens is 285 g/mol. The first-order valence-corrected chi connectivity index (χ1v) is 7.47. The van der Waals surface area contributed by atoms with Crippen LogP contribution >= 0.6 is 0 Å². The van der Waals surface area contributed by atoms with Crippen LogP contribution in [0.5, 0.6) is 0 Å². The van der Waals surface area contributed by atoms with Crippen molar-refractivity contribution in [2.75, 3.05) is 13.6 Å². The largest absolute Gasteiger partial charge is 0.481 e. The number of benzene rings is 1. The molecule has 0 spiro atoms. The Kier molecular flexibility index (Phi) is 4.88. The fraction of sp³-hybridized carbons (Fsp3) is 0.462. The molecule has 0 radical (unpaired) electrons. The lowest BCUT2D eigenvalue weighted by Crippen LogP contribution is -2.33. The van der Waals surface area contributed by atoms with E-state index in [-0.39, 0.29) is 22.6 Å². The fourth-order valence-corrected chi connectivity index (χ4v) is 3.23. The van der Waals surface area contributed by atoms with Gasteiger partial charge in [-0.25, -0.2) is 17.1 Å². The zero-order chi connectivity index (χ0) is 15.7. The van der Waals surface area contributed by atoms with Crippen LogP contribution in [-0.4, -0.2) is 37.4 Å². The second kappa shape index (κ2) is 5.88. The van der Waals surface area contributed by atoms with Crippen LogP contribution < -0.4 is 0 Å². The van der Waals surface area contributed by atoms with Crippen molar-refractivity contribution in [2.24, 2.45) is 5.92 Å². The van der Waals surface area contributed by atoms with E-state index in [2.05, 4.69) is 0 Å². The van der Waals surface area contributed by atoms with Crippen molar-refractivity contribution in [2.45, 2.75) is 25.7 Å². The van der Waals surface area contributed by atoms with Gasteiger partial charge in [0.15, 0.2) is 0 Å². The van der Waals surface area contributed by atoms with Crippen molar-refractivity contribution in [1.82, 2.24) is 4.31 Å². The zero-order valence-electron chi connectivity index (χ0n) is 11.8. The summed E-state index contributed by atoms with van der Waals surface area (Å²) in [5.74, 6) is -2.33. The van der Waals surface area contributed by atoms with Crippen molar-refractivity contribution >= 4 is 16.0 Å². The van der Waals surface area contributed by atoms with Gasteiger partial charge in [0, 0.05) is 13.6 Å². The molecule has 0 amide bonds. The number of nitrogens with zero attached hydrogens (tertiary/aromatic N) is 1. The van der Waals surface area contributed by atoms with Gasteiger partial charge in [-0.1, -0.05) is 6.92 Å². The van der Waals surface area contributed by atoms with Crippen LogP contribution in [0.3, 0.4) is 0 Å². The Morgan fingerprint density at radius 3 is 2.20 bits per heavy atom. The van der Waals surface area contributed by atoms with E-state index in [4.69, 9.17) is 5.11 Å². The lowest BCUT2D eigenvalue weighted by Gasteiger charge is -2.20. The van der Waals surface area contributed by atoms with Gasteiger partial charge in [0.25, 0.3) is 0 Å². The normalized spacial score (nSPS) is 13.5. The number of hydrogen-bond acceptors (Lipinski definition) is 3. The third-order valence-electron chi connectivity index (χ3n) is 3.07. The standard InChI is InChI=1S/C13H18FNO4S/c1-8-5-11(6-9(2)12(8)14)20(18,19)15(4)7-10(3)13(16)17/h5-6,10H,7H2,1-4H3,(H,16,17). The maximum Gasteiger partial charge on any atom is 0.307 e. The molecule has 0 aliphatic heterocycles. The van der Waals surface area contributed by atoms with E-state index in [0.29, 0.717) is 0 Å². The van der Waals surface area contributed by atoms with Crippen LogP contribution in [0, 0.1) is 25.6 Å². The van der Waals surface area contributed by atoms with E-state index >= 15 is 0 Å². The molecule has 5 nitrogen and oxygen atoms in total. The van der Waals surface area contributed by atoms with Crippen LogP contribution in [0.4, 0.5) is 4.39 Å².